The van der Waals surface area contributed by atoms with Gasteiger partial charge in [0.05, 0.1) is 0 Å². The van der Waals surface area contributed by atoms with Crippen molar-refractivity contribution in [2.45, 2.75) is 26.2 Å². The molecule has 0 heterocycles. The van der Waals surface area contributed by atoms with Crippen molar-refractivity contribution in [1.29, 1.82) is 0 Å². The van der Waals surface area contributed by atoms with Crippen molar-refractivity contribution in [2.75, 3.05) is 7.05 Å². The molecule has 0 aliphatic rings. The normalized spacial score (nSPS) is 10.9. The largest absolute Gasteiger partial charge is 0.412 e. The molecule has 0 aliphatic heterocycles. The van der Waals surface area contributed by atoms with E-state index in [-0.39, 0.29) is 5.41 Å². The van der Waals surface area contributed by atoms with Gasteiger partial charge in [0, 0.05) is 12.6 Å². The zero-order valence-corrected chi connectivity index (χ0v) is 9.63. The molecular formula is C12H17NO2. The van der Waals surface area contributed by atoms with Crippen LogP contribution in [0.4, 0.5) is 4.79 Å². The number of ether oxygens (including phenoxy) is 1. The van der Waals surface area contributed by atoms with Crippen LogP contribution in [-0.4, -0.2) is 13.1 Å². The van der Waals surface area contributed by atoms with Gasteiger partial charge in [-0.05, 0) is 11.5 Å². The number of carbonyl (C=O) groups is 1. The fourth-order valence-electron chi connectivity index (χ4n) is 1.33. The average Bonchev–Trinajstić information content (AvgIpc) is 2.17. The Hall–Kier alpha value is -1.51. The van der Waals surface area contributed by atoms with Crippen LogP contribution in [0.5, 0.6) is 5.75 Å². The Morgan fingerprint density at radius 1 is 1.27 bits per heavy atom. The Kier molecular flexibility index (Phi) is 3.35. The third-order valence-electron chi connectivity index (χ3n) is 2.10. The molecule has 0 saturated carbocycles. The summed E-state index contributed by atoms with van der Waals surface area (Å²) in [4.78, 5) is 11.1. The molecule has 82 valence electrons. The van der Waals surface area contributed by atoms with E-state index in [4.69, 9.17) is 4.74 Å². The van der Waals surface area contributed by atoms with Crippen molar-refractivity contribution in [3.63, 3.8) is 0 Å². The second-order valence-corrected chi connectivity index (χ2v) is 4.39. The predicted molar refractivity (Wildman–Crippen MR) is 60.2 cm³/mol. The maximum absolute atomic E-state index is 11.1. The first-order valence-corrected chi connectivity index (χ1v) is 4.94. The zero-order valence-electron chi connectivity index (χ0n) is 9.63. The first-order valence-electron chi connectivity index (χ1n) is 4.94. The molecule has 0 atom stereocenters. The zero-order chi connectivity index (χ0) is 11.5. The van der Waals surface area contributed by atoms with E-state index in [2.05, 4.69) is 26.1 Å². The smallest absolute Gasteiger partial charge is 0.410 e. The molecular weight excluding hydrogens is 190 g/mol. The molecule has 15 heavy (non-hydrogen) atoms. The van der Waals surface area contributed by atoms with Gasteiger partial charge in [-0.3, -0.25) is 0 Å². The van der Waals surface area contributed by atoms with Gasteiger partial charge in [0.2, 0.25) is 0 Å². The highest BCUT2D eigenvalue weighted by Gasteiger charge is 2.19. The summed E-state index contributed by atoms with van der Waals surface area (Å²) in [6, 6.07) is 7.57. The molecule has 3 nitrogen and oxygen atoms in total. The van der Waals surface area contributed by atoms with Crippen molar-refractivity contribution in [2.24, 2.45) is 0 Å². The SMILES string of the molecule is CNC(=O)Oc1ccccc1C(C)(C)C. The Morgan fingerprint density at radius 2 is 1.87 bits per heavy atom. The van der Waals surface area contributed by atoms with Crippen LogP contribution in [0.15, 0.2) is 24.3 Å². The van der Waals surface area contributed by atoms with Crippen LogP contribution in [0, 0.1) is 0 Å². The van der Waals surface area contributed by atoms with E-state index in [0.717, 1.165) is 5.56 Å². The fourth-order valence-corrected chi connectivity index (χ4v) is 1.33. The predicted octanol–water partition coefficient (Wildman–Crippen LogP) is 2.70. The molecule has 0 bridgehead atoms. The van der Waals surface area contributed by atoms with Gasteiger partial charge in [0.25, 0.3) is 0 Å². The quantitative estimate of drug-likeness (QED) is 0.769. The average molecular weight is 207 g/mol. The monoisotopic (exact) mass is 207 g/mol. The van der Waals surface area contributed by atoms with Gasteiger partial charge >= 0.3 is 6.09 Å². The van der Waals surface area contributed by atoms with E-state index in [0.29, 0.717) is 5.75 Å². The number of carbonyl (C=O) groups excluding carboxylic acids is 1. The molecule has 3 heteroatoms. The van der Waals surface area contributed by atoms with Gasteiger partial charge in [-0.1, -0.05) is 39.0 Å². The van der Waals surface area contributed by atoms with E-state index in [1.807, 2.05) is 18.2 Å². The number of amides is 1. The van der Waals surface area contributed by atoms with Gasteiger partial charge < -0.3 is 10.1 Å². The summed E-state index contributed by atoms with van der Waals surface area (Å²) >= 11 is 0. The van der Waals surface area contributed by atoms with Crippen LogP contribution in [-0.2, 0) is 5.41 Å². The van der Waals surface area contributed by atoms with Crippen LogP contribution in [0.1, 0.15) is 26.3 Å². The molecule has 1 aromatic carbocycles. The molecule has 1 aromatic rings. The Morgan fingerprint density at radius 3 is 2.40 bits per heavy atom. The second kappa shape index (κ2) is 4.34. The molecule has 0 aliphatic carbocycles. The lowest BCUT2D eigenvalue weighted by Crippen LogP contribution is -2.24. The van der Waals surface area contributed by atoms with Crippen LogP contribution < -0.4 is 10.1 Å². The summed E-state index contributed by atoms with van der Waals surface area (Å²) in [5.41, 5.74) is 0.985. The van der Waals surface area contributed by atoms with Gasteiger partial charge in [0.1, 0.15) is 5.75 Å². The van der Waals surface area contributed by atoms with Crippen molar-refractivity contribution in [3.05, 3.63) is 29.8 Å². The summed E-state index contributed by atoms with van der Waals surface area (Å²) < 4.78 is 5.17. The lowest BCUT2D eigenvalue weighted by Gasteiger charge is -2.21. The maximum atomic E-state index is 11.1. The van der Waals surface area contributed by atoms with E-state index in [9.17, 15) is 4.79 Å². The minimum atomic E-state index is -0.438. The number of nitrogens with one attached hydrogen (secondary N) is 1. The summed E-state index contributed by atoms with van der Waals surface area (Å²) in [6.45, 7) is 6.25. The lowest BCUT2D eigenvalue weighted by atomic mass is 9.86. The van der Waals surface area contributed by atoms with Crippen molar-refractivity contribution in [1.82, 2.24) is 5.32 Å². The first-order chi connectivity index (χ1) is 6.95. The third kappa shape index (κ3) is 2.98. The standard InChI is InChI=1S/C12H17NO2/c1-12(2,3)9-7-5-6-8-10(9)15-11(14)13-4/h5-8H,1-4H3,(H,13,14). The molecule has 0 spiro atoms. The minimum Gasteiger partial charge on any atom is -0.410 e. The maximum Gasteiger partial charge on any atom is 0.412 e. The molecule has 0 radical (unpaired) electrons. The molecule has 1 N–H and O–H groups in total. The number of rotatable bonds is 1. The van der Waals surface area contributed by atoms with Crippen molar-refractivity contribution < 1.29 is 9.53 Å². The third-order valence-corrected chi connectivity index (χ3v) is 2.10. The molecule has 1 amide bonds. The Labute approximate surface area is 90.4 Å². The number of hydrogen-bond acceptors (Lipinski definition) is 2. The molecule has 0 aromatic heterocycles. The summed E-state index contributed by atoms with van der Waals surface area (Å²) in [6.07, 6.45) is -0.438. The summed E-state index contributed by atoms with van der Waals surface area (Å²) in [5.74, 6) is 0.615. The van der Waals surface area contributed by atoms with E-state index in [1.54, 1.807) is 13.1 Å². The number of benzene rings is 1. The van der Waals surface area contributed by atoms with Crippen LogP contribution in [0.2, 0.25) is 0 Å². The summed E-state index contributed by atoms with van der Waals surface area (Å²) in [5, 5.41) is 2.43. The Bertz CT molecular complexity index is 353. The van der Waals surface area contributed by atoms with E-state index >= 15 is 0 Å². The number of para-hydroxylation sites is 1. The first kappa shape index (κ1) is 11.6. The molecule has 0 unspecified atom stereocenters. The Balaban J connectivity index is 3.02. The highest BCUT2D eigenvalue weighted by molar-refractivity contribution is 5.70. The van der Waals surface area contributed by atoms with Crippen molar-refractivity contribution >= 4 is 6.09 Å². The molecule has 0 fully saturated rings. The van der Waals surface area contributed by atoms with Crippen LogP contribution >= 0.6 is 0 Å². The highest BCUT2D eigenvalue weighted by atomic mass is 16.6. The van der Waals surface area contributed by atoms with Gasteiger partial charge in [-0.2, -0.15) is 0 Å². The molecule has 1 rings (SSSR count). The lowest BCUT2D eigenvalue weighted by molar-refractivity contribution is 0.202. The van der Waals surface area contributed by atoms with Gasteiger partial charge in [-0.25, -0.2) is 4.79 Å². The fraction of sp³-hybridized carbons (Fsp3) is 0.417. The van der Waals surface area contributed by atoms with E-state index < -0.39 is 6.09 Å². The minimum absolute atomic E-state index is 0.0371. The van der Waals surface area contributed by atoms with Gasteiger partial charge in [0.15, 0.2) is 0 Å². The topological polar surface area (TPSA) is 38.3 Å². The van der Waals surface area contributed by atoms with Gasteiger partial charge in [-0.15, -0.1) is 0 Å². The van der Waals surface area contributed by atoms with Crippen LogP contribution in [0.25, 0.3) is 0 Å². The number of hydrogen-bond donors (Lipinski definition) is 1. The molecule has 0 saturated heterocycles. The van der Waals surface area contributed by atoms with E-state index in [1.165, 1.54) is 0 Å². The second-order valence-electron chi connectivity index (χ2n) is 4.39. The summed E-state index contributed by atoms with van der Waals surface area (Å²) in [7, 11) is 1.54. The van der Waals surface area contributed by atoms with Crippen LogP contribution in [0.3, 0.4) is 0 Å². The van der Waals surface area contributed by atoms with Crippen molar-refractivity contribution in [3.8, 4) is 5.75 Å². The highest BCUT2D eigenvalue weighted by Crippen LogP contribution is 2.30.